The maximum Gasteiger partial charge on any atom is 0.271 e. The Bertz CT molecular complexity index is 480. The molecule has 1 aromatic carbocycles. The van der Waals surface area contributed by atoms with E-state index in [-0.39, 0.29) is 11.5 Å². The molecule has 0 amide bonds. The summed E-state index contributed by atoms with van der Waals surface area (Å²) in [6.45, 7) is 3.18. The van der Waals surface area contributed by atoms with Gasteiger partial charge in [0.2, 0.25) is 0 Å². The third-order valence-corrected chi connectivity index (χ3v) is 2.39. The average molecular weight is 234 g/mol. The fraction of sp³-hybridized carbons (Fsp3) is 0.250. The second kappa shape index (κ2) is 5.25. The third-order valence-electron chi connectivity index (χ3n) is 2.39. The minimum Gasteiger partial charge on any atom is -0.350 e. The maximum absolute atomic E-state index is 11.1. The normalized spacial score (nSPS) is 11.1. The molecule has 0 saturated heterocycles. The van der Waals surface area contributed by atoms with Crippen molar-refractivity contribution in [2.24, 2.45) is 0 Å². The summed E-state index contributed by atoms with van der Waals surface area (Å²) in [5.74, 6) is -0.0257. The van der Waals surface area contributed by atoms with Crippen molar-refractivity contribution in [3.63, 3.8) is 0 Å². The number of nitro groups is 1. The number of allylic oxidation sites excluding steroid dienone is 1. The van der Waals surface area contributed by atoms with Gasteiger partial charge in [-0.05, 0) is 19.9 Å². The number of hydrogen-bond acceptors (Lipinski definition) is 4. The van der Waals surface area contributed by atoms with Crippen LogP contribution < -0.4 is 4.90 Å². The van der Waals surface area contributed by atoms with Gasteiger partial charge < -0.3 is 4.90 Å². The zero-order valence-electron chi connectivity index (χ0n) is 10.0. The molecular weight excluding hydrogens is 220 g/mol. The van der Waals surface area contributed by atoms with Crippen molar-refractivity contribution in [3.05, 3.63) is 46.2 Å². The van der Waals surface area contributed by atoms with Crippen molar-refractivity contribution in [2.45, 2.75) is 13.8 Å². The fourth-order valence-electron chi connectivity index (χ4n) is 1.28. The number of nitro benzene ring substituents is 1. The molecule has 0 radical (unpaired) electrons. The molecule has 0 spiro atoms. The van der Waals surface area contributed by atoms with Gasteiger partial charge in [0.15, 0.2) is 5.78 Å². The number of hydrogen-bond donors (Lipinski definition) is 0. The Labute approximate surface area is 99.5 Å². The van der Waals surface area contributed by atoms with Gasteiger partial charge >= 0.3 is 0 Å². The molecule has 0 aliphatic heterocycles. The smallest absolute Gasteiger partial charge is 0.271 e. The van der Waals surface area contributed by atoms with E-state index in [1.165, 1.54) is 19.1 Å². The van der Waals surface area contributed by atoms with Crippen molar-refractivity contribution in [1.29, 1.82) is 0 Å². The highest BCUT2D eigenvalue weighted by atomic mass is 16.6. The molecule has 5 heteroatoms. The Hall–Kier alpha value is -2.17. The first-order valence-electron chi connectivity index (χ1n) is 5.08. The largest absolute Gasteiger partial charge is 0.350 e. The van der Waals surface area contributed by atoms with Crippen LogP contribution in [0.2, 0.25) is 0 Å². The monoisotopic (exact) mass is 234 g/mol. The van der Waals surface area contributed by atoms with Gasteiger partial charge in [-0.2, -0.15) is 0 Å². The van der Waals surface area contributed by atoms with Gasteiger partial charge in [-0.15, -0.1) is 0 Å². The van der Waals surface area contributed by atoms with E-state index in [9.17, 15) is 14.9 Å². The number of rotatable bonds is 4. The van der Waals surface area contributed by atoms with Crippen LogP contribution in [0.5, 0.6) is 0 Å². The number of nitrogens with zero attached hydrogens (tertiary/aromatic N) is 2. The molecule has 0 unspecified atom stereocenters. The van der Waals surface area contributed by atoms with Crippen LogP contribution in [0, 0.1) is 10.1 Å². The number of non-ortho nitro benzene ring substituents is 1. The summed E-state index contributed by atoms with van der Waals surface area (Å²) >= 11 is 0. The molecule has 0 N–H and O–H groups in total. The number of Topliss-reactive ketones (excluding diaryl/α,β-unsaturated/α-hetero) is 1. The highest BCUT2D eigenvalue weighted by Crippen LogP contribution is 2.20. The van der Waals surface area contributed by atoms with E-state index in [1.807, 2.05) is 0 Å². The summed E-state index contributed by atoms with van der Waals surface area (Å²) in [5.41, 5.74) is 1.29. The maximum atomic E-state index is 11.1. The summed E-state index contributed by atoms with van der Waals surface area (Å²) in [6.07, 6.45) is 1.65. The van der Waals surface area contributed by atoms with Crippen molar-refractivity contribution >= 4 is 17.2 Å². The summed E-state index contributed by atoms with van der Waals surface area (Å²) in [5, 5.41) is 10.6. The van der Waals surface area contributed by atoms with Crippen LogP contribution in [-0.4, -0.2) is 17.8 Å². The first-order chi connectivity index (χ1) is 7.91. The van der Waals surface area contributed by atoms with Gasteiger partial charge in [0.05, 0.1) is 4.92 Å². The van der Waals surface area contributed by atoms with Crippen molar-refractivity contribution in [2.75, 3.05) is 11.9 Å². The van der Waals surface area contributed by atoms with E-state index in [2.05, 4.69) is 0 Å². The van der Waals surface area contributed by atoms with Crippen molar-refractivity contribution < 1.29 is 9.72 Å². The van der Waals surface area contributed by atoms with Crippen molar-refractivity contribution in [3.8, 4) is 0 Å². The van der Waals surface area contributed by atoms with E-state index >= 15 is 0 Å². The van der Waals surface area contributed by atoms with E-state index in [0.717, 1.165) is 0 Å². The van der Waals surface area contributed by atoms with Gasteiger partial charge in [0.25, 0.3) is 5.69 Å². The Balaban J connectivity index is 3.01. The minimum atomic E-state index is -0.446. The van der Waals surface area contributed by atoms with Gasteiger partial charge in [-0.1, -0.05) is 6.07 Å². The van der Waals surface area contributed by atoms with Gasteiger partial charge in [0.1, 0.15) is 0 Å². The predicted molar refractivity (Wildman–Crippen MR) is 65.9 cm³/mol. The average Bonchev–Trinajstić information content (AvgIpc) is 2.28. The molecule has 0 atom stereocenters. The molecule has 0 aliphatic carbocycles. The minimum absolute atomic E-state index is 0.0257. The molecule has 17 heavy (non-hydrogen) atoms. The number of anilines is 1. The summed E-state index contributed by atoms with van der Waals surface area (Å²) in [7, 11) is 1.74. The number of carbonyl (C=O) groups excluding carboxylic acids is 1. The van der Waals surface area contributed by atoms with Crippen LogP contribution in [0.25, 0.3) is 0 Å². The number of ketones is 1. The topological polar surface area (TPSA) is 63.5 Å². The lowest BCUT2D eigenvalue weighted by Gasteiger charge is -2.14. The molecule has 0 saturated carbocycles. The molecule has 0 aliphatic rings. The Kier molecular flexibility index (Phi) is 3.98. The third kappa shape index (κ3) is 3.41. The molecule has 1 rings (SSSR count). The van der Waals surface area contributed by atoms with Crippen LogP contribution in [0.15, 0.2) is 36.0 Å². The predicted octanol–water partition coefficient (Wildman–Crippen LogP) is 2.52. The summed E-state index contributed by atoms with van der Waals surface area (Å²) in [6, 6.07) is 6.25. The van der Waals surface area contributed by atoms with Crippen molar-refractivity contribution in [1.82, 2.24) is 0 Å². The molecular formula is C12H14N2O3. The molecule has 1 aromatic rings. The molecule has 0 fully saturated rings. The second-order valence-corrected chi connectivity index (χ2v) is 3.76. The standard InChI is InChI=1S/C12H14N2O3/c1-9(10(2)15)8-13(3)11-5-4-6-12(7-11)14(16)17/h4-8H,1-3H3/b9-8-. The van der Waals surface area contributed by atoms with Crippen LogP contribution in [0.3, 0.4) is 0 Å². The first-order valence-corrected chi connectivity index (χ1v) is 5.08. The number of carbonyl (C=O) groups is 1. The molecule has 0 bridgehead atoms. The van der Waals surface area contributed by atoms with Crippen LogP contribution in [-0.2, 0) is 4.79 Å². The zero-order chi connectivity index (χ0) is 13.0. The molecule has 5 nitrogen and oxygen atoms in total. The molecule has 90 valence electrons. The molecule has 0 aromatic heterocycles. The lowest BCUT2D eigenvalue weighted by Crippen LogP contribution is -2.10. The first kappa shape index (κ1) is 12.9. The van der Waals surface area contributed by atoms with E-state index < -0.39 is 4.92 Å². The van der Waals surface area contributed by atoms with Crippen LogP contribution >= 0.6 is 0 Å². The molecule has 0 heterocycles. The van der Waals surface area contributed by atoms with Crippen LogP contribution in [0.4, 0.5) is 11.4 Å². The van der Waals surface area contributed by atoms with Gasteiger partial charge in [0, 0.05) is 36.6 Å². The Morgan fingerprint density at radius 2 is 2.06 bits per heavy atom. The lowest BCUT2D eigenvalue weighted by molar-refractivity contribution is -0.384. The fourth-order valence-corrected chi connectivity index (χ4v) is 1.28. The van der Waals surface area contributed by atoms with Crippen LogP contribution in [0.1, 0.15) is 13.8 Å². The van der Waals surface area contributed by atoms with Gasteiger partial charge in [-0.25, -0.2) is 0 Å². The number of benzene rings is 1. The Morgan fingerprint density at radius 1 is 1.41 bits per heavy atom. The Morgan fingerprint density at radius 3 is 2.59 bits per heavy atom. The SMILES string of the molecule is CC(=O)/C(C)=C\N(C)c1cccc([N+](=O)[O-])c1. The summed E-state index contributed by atoms with van der Waals surface area (Å²) < 4.78 is 0. The van der Waals surface area contributed by atoms with E-state index in [4.69, 9.17) is 0 Å². The quantitative estimate of drug-likeness (QED) is 0.456. The zero-order valence-corrected chi connectivity index (χ0v) is 10.0. The second-order valence-electron chi connectivity index (χ2n) is 3.76. The highest BCUT2D eigenvalue weighted by molar-refractivity contribution is 5.93. The van der Waals surface area contributed by atoms with Gasteiger partial charge in [-0.3, -0.25) is 14.9 Å². The highest BCUT2D eigenvalue weighted by Gasteiger charge is 2.08. The van der Waals surface area contributed by atoms with E-state index in [0.29, 0.717) is 11.3 Å². The van der Waals surface area contributed by atoms with E-state index in [1.54, 1.807) is 37.2 Å². The summed E-state index contributed by atoms with van der Waals surface area (Å²) in [4.78, 5) is 22.9. The lowest BCUT2D eigenvalue weighted by atomic mass is 10.2.